The SMILES string of the molecule is C=C1C=CC2=CC(=C)C2=NC1=C. The third-order valence-electron chi connectivity index (χ3n) is 1.99. The Kier molecular flexibility index (Phi) is 1.28. The van der Waals surface area contributed by atoms with E-state index in [0.717, 1.165) is 28.1 Å². The predicted octanol–water partition coefficient (Wildman–Crippen LogP) is 2.56. The standard InChI is InChI=1S/C11H9N/c1-7-4-5-10-6-8(2)11(10)12-9(7)3/h4-6H,1-3H2. The van der Waals surface area contributed by atoms with E-state index in [9.17, 15) is 0 Å². The van der Waals surface area contributed by atoms with E-state index in [1.54, 1.807) is 0 Å². The minimum atomic E-state index is 0.727. The van der Waals surface area contributed by atoms with E-state index in [2.05, 4.69) is 24.7 Å². The lowest BCUT2D eigenvalue weighted by Gasteiger charge is -2.15. The van der Waals surface area contributed by atoms with Crippen LogP contribution in [0.1, 0.15) is 0 Å². The second-order valence-corrected chi connectivity index (χ2v) is 2.89. The summed E-state index contributed by atoms with van der Waals surface area (Å²) in [6, 6.07) is 0. The van der Waals surface area contributed by atoms with Gasteiger partial charge in [-0.05, 0) is 17.2 Å². The Hall–Kier alpha value is -1.63. The summed E-state index contributed by atoms with van der Waals surface area (Å²) < 4.78 is 0. The quantitative estimate of drug-likeness (QED) is 0.509. The summed E-state index contributed by atoms with van der Waals surface area (Å²) in [4.78, 5) is 4.30. The van der Waals surface area contributed by atoms with Crippen LogP contribution in [0.15, 0.2) is 65.4 Å². The number of rotatable bonds is 0. The molecule has 1 heteroatoms. The van der Waals surface area contributed by atoms with Crippen molar-refractivity contribution < 1.29 is 0 Å². The molecule has 0 spiro atoms. The zero-order chi connectivity index (χ0) is 8.72. The van der Waals surface area contributed by atoms with Crippen LogP contribution in [-0.2, 0) is 0 Å². The summed E-state index contributed by atoms with van der Waals surface area (Å²) in [5, 5.41) is 0. The van der Waals surface area contributed by atoms with Crippen molar-refractivity contribution in [3.63, 3.8) is 0 Å². The zero-order valence-electron chi connectivity index (χ0n) is 6.80. The molecule has 0 atom stereocenters. The van der Waals surface area contributed by atoms with Crippen molar-refractivity contribution >= 4 is 5.71 Å². The van der Waals surface area contributed by atoms with Gasteiger partial charge in [-0.2, -0.15) is 0 Å². The van der Waals surface area contributed by atoms with Crippen molar-refractivity contribution in [2.24, 2.45) is 4.99 Å². The molecule has 0 amide bonds. The fourth-order valence-electron chi connectivity index (χ4n) is 1.19. The van der Waals surface area contributed by atoms with E-state index in [4.69, 9.17) is 0 Å². The van der Waals surface area contributed by atoms with Crippen LogP contribution in [0.25, 0.3) is 0 Å². The molecule has 1 heterocycles. The molecule has 2 rings (SSSR count). The minimum Gasteiger partial charge on any atom is -0.248 e. The van der Waals surface area contributed by atoms with Gasteiger partial charge in [-0.25, -0.2) is 4.99 Å². The van der Waals surface area contributed by atoms with Crippen molar-refractivity contribution in [2.45, 2.75) is 0 Å². The number of nitrogens with zero attached hydrogens (tertiary/aromatic N) is 1. The van der Waals surface area contributed by atoms with Gasteiger partial charge in [-0.3, -0.25) is 0 Å². The second kappa shape index (κ2) is 2.18. The van der Waals surface area contributed by atoms with Gasteiger partial charge in [0.15, 0.2) is 0 Å². The molecule has 1 aliphatic heterocycles. The summed E-state index contributed by atoms with van der Waals surface area (Å²) in [7, 11) is 0. The second-order valence-electron chi connectivity index (χ2n) is 2.89. The monoisotopic (exact) mass is 155 g/mol. The molecular formula is C11H9N. The summed E-state index contributed by atoms with van der Waals surface area (Å²) in [5.41, 5.74) is 4.65. The normalized spacial score (nSPS) is 20.8. The van der Waals surface area contributed by atoms with Gasteiger partial charge >= 0.3 is 0 Å². The van der Waals surface area contributed by atoms with E-state index < -0.39 is 0 Å². The fourth-order valence-corrected chi connectivity index (χ4v) is 1.19. The number of allylic oxidation sites excluding steroid dienone is 5. The molecule has 2 aliphatic rings. The average molecular weight is 155 g/mol. The number of hydrogen-bond donors (Lipinski definition) is 0. The molecule has 0 aromatic carbocycles. The highest BCUT2D eigenvalue weighted by Gasteiger charge is 2.19. The predicted molar refractivity (Wildman–Crippen MR) is 52.1 cm³/mol. The molecule has 1 aliphatic carbocycles. The molecule has 0 radical (unpaired) electrons. The van der Waals surface area contributed by atoms with Gasteiger partial charge in [0.05, 0.1) is 11.4 Å². The molecule has 58 valence electrons. The van der Waals surface area contributed by atoms with Gasteiger partial charge in [0.1, 0.15) is 0 Å². The highest BCUT2D eigenvalue weighted by molar-refractivity contribution is 6.23. The van der Waals surface area contributed by atoms with Crippen molar-refractivity contribution in [1.82, 2.24) is 0 Å². The lowest BCUT2D eigenvalue weighted by molar-refractivity contribution is 1.37. The van der Waals surface area contributed by atoms with E-state index in [1.165, 1.54) is 0 Å². The van der Waals surface area contributed by atoms with Crippen LogP contribution in [0.2, 0.25) is 0 Å². The Morgan fingerprint density at radius 2 is 1.75 bits per heavy atom. The number of hydrogen-bond acceptors (Lipinski definition) is 1. The molecule has 0 N–H and O–H groups in total. The van der Waals surface area contributed by atoms with E-state index >= 15 is 0 Å². The highest BCUT2D eigenvalue weighted by atomic mass is 14.8. The maximum absolute atomic E-state index is 4.30. The first-order valence-electron chi connectivity index (χ1n) is 3.75. The molecule has 0 saturated carbocycles. The molecule has 0 aromatic rings. The Morgan fingerprint density at radius 1 is 1.00 bits per heavy atom. The molecule has 12 heavy (non-hydrogen) atoms. The maximum atomic E-state index is 4.30. The smallest absolute Gasteiger partial charge is 0.0776 e. The summed E-state index contributed by atoms with van der Waals surface area (Å²) in [6.07, 6.45) is 5.92. The molecule has 0 bridgehead atoms. The van der Waals surface area contributed by atoms with Gasteiger partial charge in [0.2, 0.25) is 0 Å². The van der Waals surface area contributed by atoms with E-state index in [-0.39, 0.29) is 0 Å². The third-order valence-corrected chi connectivity index (χ3v) is 1.99. The number of fused-ring (bicyclic) bond motifs is 1. The van der Waals surface area contributed by atoms with Crippen LogP contribution < -0.4 is 0 Å². The Bertz CT molecular complexity index is 389. The highest BCUT2D eigenvalue weighted by Crippen LogP contribution is 2.27. The lowest BCUT2D eigenvalue weighted by atomic mass is 9.91. The van der Waals surface area contributed by atoms with Crippen LogP contribution in [0.4, 0.5) is 0 Å². The van der Waals surface area contributed by atoms with E-state index in [1.807, 2.05) is 18.2 Å². The van der Waals surface area contributed by atoms with E-state index in [0.29, 0.717) is 0 Å². The van der Waals surface area contributed by atoms with Gasteiger partial charge in [-0.15, -0.1) is 0 Å². The maximum Gasteiger partial charge on any atom is 0.0776 e. The largest absolute Gasteiger partial charge is 0.248 e. The summed E-state index contributed by atoms with van der Waals surface area (Å²) >= 11 is 0. The lowest BCUT2D eigenvalue weighted by Crippen LogP contribution is -2.12. The first-order chi connectivity index (χ1) is 5.68. The average Bonchev–Trinajstić information content (AvgIpc) is 2.15. The van der Waals surface area contributed by atoms with Crippen LogP contribution in [0.3, 0.4) is 0 Å². The van der Waals surface area contributed by atoms with Crippen LogP contribution >= 0.6 is 0 Å². The topological polar surface area (TPSA) is 12.4 Å². The molecule has 0 unspecified atom stereocenters. The minimum absolute atomic E-state index is 0.727. The van der Waals surface area contributed by atoms with Crippen molar-refractivity contribution in [3.05, 3.63) is 60.4 Å². The first kappa shape index (κ1) is 7.04. The van der Waals surface area contributed by atoms with Gasteiger partial charge < -0.3 is 0 Å². The third kappa shape index (κ3) is 0.832. The first-order valence-corrected chi connectivity index (χ1v) is 3.75. The molecular weight excluding hydrogens is 146 g/mol. The van der Waals surface area contributed by atoms with Crippen molar-refractivity contribution in [1.29, 1.82) is 0 Å². The van der Waals surface area contributed by atoms with Gasteiger partial charge in [0, 0.05) is 5.57 Å². The van der Waals surface area contributed by atoms with Crippen molar-refractivity contribution in [2.75, 3.05) is 0 Å². The molecule has 0 aromatic heterocycles. The van der Waals surface area contributed by atoms with Gasteiger partial charge in [-0.1, -0.05) is 31.9 Å². The molecule has 0 fully saturated rings. The van der Waals surface area contributed by atoms with Crippen LogP contribution in [0.5, 0.6) is 0 Å². The summed E-state index contributed by atoms with van der Waals surface area (Å²) in [5.74, 6) is 0. The van der Waals surface area contributed by atoms with Crippen LogP contribution in [0, 0.1) is 0 Å². The molecule has 1 nitrogen and oxygen atoms in total. The molecule has 0 saturated heterocycles. The van der Waals surface area contributed by atoms with Crippen LogP contribution in [-0.4, -0.2) is 5.71 Å². The number of aliphatic imine (C=N–C) groups is 1. The Labute approximate surface area is 71.8 Å². The Morgan fingerprint density at radius 3 is 2.42 bits per heavy atom. The fraction of sp³-hybridized carbons (Fsp3) is 0. The van der Waals surface area contributed by atoms with Crippen molar-refractivity contribution in [3.8, 4) is 0 Å². The zero-order valence-corrected chi connectivity index (χ0v) is 6.80. The summed E-state index contributed by atoms with van der Waals surface area (Å²) in [6.45, 7) is 11.5. The van der Waals surface area contributed by atoms with Gasteiger partial charge in [0.25, 0.3) is 0 Å². The Balaban J connectivity index is 2.55.